The number of ether oxygens (including phenoxy) is 1. The maximum Gasteiger partial charge on any atom is 0.329 e. The van der Waals surface area contributed by atoms with Gasteiger partial charge in [-0.1, -0.05) is 0 Å². The molecule has 5 heteroatoms. The lowest BCUT2D eigenvalue weighted by molar-refractivity contribution is -0.144. The Morgan fingerprint density at radius 2 is 1.69 bits per heavy atom. The smallest absolute Gasteiger partial charge is 0.329 e. The number of hydrogen-bond acceptors (Lipinski definition) is 2. The lowest BCUT2D eigenvalue weighted by atomic mass is 9.91. The molecule has 0 aliphatic carbocycles. The van der Waals surface area contributed by atoms with Crippen LogP contribution in [0.15, 0.2) is 0 Å². The first-order valence-corrected chi connectivity index (χ1v) is 4.65. The summed E-state index contributed by atoms with van der Waals surface area (Å²) in [5, 5.41) is 9.44. The summed E-state index contributed by atoms with van der Waals surface area (Å²) in [6.07, 6.45) is -0.158. The Morgan fingerprint density at radius 3 is 1.92 bits per heavy atom. The minimum atomic E-state index is -3.31. The molecule has 0 rings (SSSR count). The molecule has 0 aliphatic heterocycles. The van der Waals surface area contributed by atoms with Crippen molar-refractivity contribution < 1.29 is 18.6 Å². The van der Waals surface area contributed by atoms with E-state index in [2.05, 4.69) is 15.9 Å². The number of halogens is 3. The lowest BCUT2D eigenvalue weighted by Gasteiger charge is -2.35. The Labute approximate surface area is 85.4 Å². The molecule has 0 spiro atoms. The van der Waals surface area contributed by atoms with Crippen molar-refractivity contribution in [2.24, 2.45) is 0 Å². The van der Waals surface area contributed by atoms with E-state index in [1.54, 1.807) is 13.8 Å². The quantitative estimate of drug-likeness (QED) is 0.788. The first kappa shape index (κ1) is 13.3. The number of hydrogen-bond donors (Lipinski definition) is 1. The van der Waals surface area contributed by atoms with Gasteiger partial charge in [0.15, 0.2) is 0 Å². The summed E-state index contributed by atoms with van der Waals surface area (Å²) < 4.78 is 30.5. The summed E-state index contributed by atoms with van der Waals surface area (Å²) in [7, 11) is 1.42. The summed E-state index contributed by atoms with van der Waals surface area (Å²) in [5.41, 5.74) is -2.90. The molecule has 1 unspecified atom stereocenters. The van der Waals surface area contributed by atoms with Gasteiger partial charge in [-0.2, -0.15) is 8.78 Å². The van der Waals surface area contributed by atoms with Crippen molar-refractivity contribution in [2.75, 3.05) is 7.11 Å². The van der Waals surface area contributed by atoms with Crippen LogP contribution >= 0.6 is 15.9 Å². The molecule has 2 nitrogen and oxygen atoms in total. The molecule has 0 heterocycles. The van der Waals surface area contributed by atoms with Gasteiger partial charge >= 0.3 is 4.83 Å². The fraction of sp³-hybridized carbons (Fsp3) is 1.00. The molecular weight excluding hydrogens is 246 g/mol. The van der Waals surface area contributed by atoms with E-state index >= 15 is 0 Å². The van der Waals surface area contributed by atoms with E-state index in [0.29, 0.717) is 0 Å². The monoisotopic (exact) mass is 260 g/mol. The van der Waals surface area contributed by atoms with Crippen LogP contribution in [0.5, 0.6) is 0 Å². The van der Waals surface area contributed by atoms with Gasteiger partial charge in [-0.25, -0.2) is 0 Å². The second-order valence-corrected chi connectivity index (χ2v) is 4.91. The summed E-state index contributed by atoms with van der Waals surface area (Å²) >= 11 is 2.14. The maximum atomic E-state index is 12.8. The zero-order valence-electron chi connectivity index (χ0n) is 8.20. The molecule has 0 radical (unpaired) electrons. The van der Waals surface area contributed by atoms with Crippen molar-refractivity contribution in [3.05, 3.63) is 0 Å². The standard InChI is InChI=1S/C8H15BrF2O2/c1-6(2,13-4)5-7(3,12)8(9,10)11/h12H,5H2,1-4H3. The van der Waals surface area contributed by atoms with Gasteiger partial charge in [0, 0.05) is 13.5 Å². The van der Waals surface area contributed by atoms with E-state index in [1.807, 2.05) is 0 Å². The van der Waals surface area contributed by atoms with Gasteiger partial charge in [-0.15, -0.1) is 0 Å². The predicted molar refractivity (Wildman–Crippen MR) is 50.2 cm³/mol. The summed E-state index contributed by atoms with van der Waals surface area (Å²) in [5.74, 6) is 0. The average Bonchev–Trinajstić information content (AvgIpc) is 1.83. The highest BCUT2D eigenvalue weighted by Crippen LogP contribution is 2.40. The molecular formula is C8H15BrF2O2. The molecule has 0 saturated carbocycles. The van der Waals surface area contributed by atoms with Gasteiger partial charge in [0.05, 0.1) is 5.60 Å². The molecule has 13 heavy (non-hydrogen) atoms. The van der Waals surface area contributed by atoms with Crippen molar-refractivity contribution in [2.45, 2.75) is 43.2 Å². The number of rotatable bonds is 4. The van der Waals surface area contributed by atoms with Gasteiger partial charge in [0.25, 0.3) is 0 Å². The minimum Gasteiger partial charge on any atom is -0.383 e. The molecule has 0 saturated heterocycles. The molecule has 0 aromatic heterocycles. The zero-order valence-corrected chi connectivity index (χ0v) is 9.78. The molecule has 0 aromatic carbocycles. The Hall–Kier alpha value is 0.260. The Bertz CT molecular complexity index is 175. The van der Waals surface area contributed by atoms with Crippen LogP contribution in [0.2, 0.25) is 0 Å². The highest BCUT2D eigenvalue weighted by atomic mass is 79.9. The molecule has 0 amide bonds. The first-order chi connectivity index (χ1) is 5.52. The Kier molecular flexibility index (Phi) is 3.86. The highest BCUT2D eigenvalue weighted by molar-refractivity contribution is 9.10. The van der Waals surface area contributed by atoms with Crippen LogP contribution in [0, 0.1) is 0 Å². The van der Waals surface area contributed by atoms with Gasteiger partial charge in [0.1, 0.15) is 5.60 Å². The zero-order chi connectivity index (χ0) is 10.9. The number of aliphatic hydroxyl groups is 1. The van der Waals surface area contributed by atoms with Crippen LogP contribution in [-0.4, -0.2) is 28.3 Å². The van der Waals surface area contributed by atoms with Crippen LogP contribution in [0.3, 0.4) is 0 Å². The van der Waals surface area contributed by atoms with Crippen LogP contribution in [0.1, 0.15) is 27.2 Å². The topological polar surface area (TPSA) is 29.5 Å². The maximum absolute atomic E-state index is 12.8. The van der Waals surface area contributed by atoms with Crippen molar-refractivity contribution in [1.29, 1.82) is 0 Å². The third-order valence-corrected chi connectivity index (χ3v) is 2.79. The van der Waals surface area contributed by atoms with Gasteiger partial charge in [-0.3, -0.25) is 0 Å². The van der Waals surface area contributed by atoms with E-state index in [-0.39, 0.29) is 6.42 Å². The minimum absolute atomic E-state index is 0.158. The van der Waals surface area contributed by atoms with Crippen LogP contribution in [0.4, 0.5) is 8.78 Å². The van der Waals surface area contributed by atoms with Crippen LogP contribution in [0.25, 0.3) is 0 Å². The van der Waals surface area contributed by atoms with Crippen LogP contribution < -0.4 is 0 Å². The van der Waals surface area contributed by atoms with Gasteiger partial charge < -0.3 is 9.84 Å². The molecule has 0 aliphatic rings. The fourth-order valence-electron chi connectivity index (χ4n) is 1.00. The van der Waals surface area contributed by atoms with E-state index < -0.39 is 16.0 Å². The van der Waals surface area contributed by atoms with Crippen molar-refractivity contribution in [1.82, 2.24) is 0 Å². The van der Waals surface area contributed by atoms with Gasteiger partial charge in [0.2, 0.25) is 0 Å². The van der Waals surface area contributed by atoms with E-state index in [9.17, 15) is 13.9 Å². The van der Waals surface area contributed by atoms with Crippen molar-refractivity contribution in [3.8, 4) is 0 Å². The largest absolute Gasteiger partial charge is 0.383 e. The predicted octanol–water partition coefficient (Wildman–Crippen LogP) is 2.54. The fourth-order valence-corrected chi connectivity index (χ4v) is 1.14. The molecule has 1 N–H and O–H groups in total. The number of alkyl halides is 3. The average molecular weight is 261 g/mol. The first-order valence-electron chi connectivity index (χ1n) is 3.86. The SMILES string of the molecule is COC(C)(C)CC(C)(O)C(F)(F)Br. The normalized spacial score (nSPS) is 18.5. The molecule has 0 fully saturated rings. The summed E-state index contributed by atoms with van der Waals surface area (Å²) in [6, 6.07) is 0. The number of methoxy groups -OCH3 is 1. The second kappa shape index (κ2) is 3.79. The Morgan fingerprint density at radius 1 is 1.31 bits per heavy atom. The molecule has 0 bridgehead atoms. The molecule has 0 aromatic rings. The van der Waals surface area contributed by atoms with E-state index in [0.717, 1.165) is 6.92 Å². The third-order valence-electron chi connectivity index (χ3n) is 1.93. The second-order valence-electron chi connectivity index (χ2n) is 3.91. The highest BCUT2D eigenvalue weighted by Gasteiger charge is 2.49. The van der Waals surface area contributed by atoms with E-state index in [1.165, 1.54) is 7.11 Å². The molecule has 80 valence electrons. The molecule has 1 atom stereocenters. The van der Waals surface area contributed by atoms with Crippen LogP contribution in [-0.2, 0) is 4.74 Å². The summed E-state index contributed by atoms with van der Waals surface area (Å²) in [6.45, 7) is 4.35. The van der Waals surface area contributed by atoms with Crippen molar-refractivity contribution in [3.63, 3.8) is 0 Å². The van der Waals surface area contributed by atoms with Crippen molar-refractivity contribution >= 4 is 15.9 Å². The Balaban J connectivity index is 4.52. The van der Waals surface area contributed by atoms with E-state index in [4.69, 9.17) is 4.74 Å². The van der Waals surface area contributed by atoms with Gasteiger partial charge in [-0.05, 0) is 36.7 Å². The third kappa shape index (κ3) is 3.87. The summed E-state index contributed by atoms with van der Waals surface area (Å²) in [4.78, 5) is -3.31. The lowest BCUT2D eigenvalue weighted by Crippen LogP contribution is -2.46.